The minimum Gasteiger partial charge on any atom is -0.494 e. The Kier molecular flexibility index (Phi) is 6.78. The number of hydrogen-bond donors (Lipinski definition) is 1. The van der Waals surface area contributed by atoms with Gasteiger partial charge in [0.15, 0.2) is 0 Å². The van der Waals surface area contributed by atoms with Crippen LogP contribution in [0.4, 0.5) is 5.69 Å². The maximum atomic E-state index is 13.2. The van der Waals surface area contributed by atoms with Gasteiger partial charge in [-0.15, -0.1) is 0 Å². The number of ether oxygens (including phenoxy) is 1. The lowest BCUT2D eigenvalue weighted by Crippen LogP contribution is -2.50. The van der Waals surface area contributed by atoms with Crippen LogP contribution in [0.3, 0.4) is 0 Å². The van der Waals surface area contributed by atoms with Gasteiger partial charge in [0.2, 0.25) is 15.9 Å². The first kappa shape index (κ1) is 24.0. The Morgan fingerprint density at radius 3 is 2.26 bits per heavy atom. The van der Waals surface area contributed by atoms with Crippen LogP contribution in [0.1, 0.15) is 6.92 Å². The number of carbonyl (C=O) groups is 1. The molecule has 4 rings (SSSR count). The predicted octanol–water partition coefficient (Wildman–Crippen LogP) is 1.22. The van der Waals surface area contributed by atoms with E-state index < -0.39 is 10.0 Å². The van der Waals surface area contributed by atoms with Crippen LogP contribution >= 0.6 is 0 Å². The number of aryl methyl sites for hydroxylation is 2. The van der Waals surface area contributed by atoms with Crippen LogP contribution < -0.4 is 15.7 Å². The van der Waals surface area contributed by atoms with Crippen molar-refractivity contribution in [3.05, 3.63) is 52.9 Å². The van der Waals surface area contributed by atoms with Crippen molar-refractivity contribution in [3.8, 4) is 5.75 Å². The Balaban J connectivity index is 1.36. The molecule has 0 spiro atoms. The van der Waals surface area contributed by atoms with E-state index in [1.807, 2.05) is 11.8 Å². The number of carbonyl (C=O) groups excluding carboxylic acids is 1. The van der Waals surface area contributed by atoms with Crippen LogP contribution in [0.5, 0.6) is 5.75 Å². The summed E-state index contributed by atoms with van der Waals surface area (Å²) < 4.78 is 36.2. The molecule has 1 N–H and O–H groups in total. The van der Waals surface area contributed by atoms with Crippen LogP contribution in [-0.4, -0.2) is 72.0 Å². The third kappa shape index (κ3) is 4.72. The van der Waals surface area contributed by atoms with Crippen LogP contribution in [0.25, 0.3) is 11.0 Å². The zero-order valence-electron chi connectivity index (χ0n) is 19.5. The SMILES string of the molecule is CCOc1ccc(NC(=O)CN2CCN(S(=O)(=O)c3ccc4c(c3)n(C)c(=O)n4C)CC2)cc1. The van der Waals surface area contributed by atoms with Crippen molar-refractivity contribution < 1.29 is 17.9 Å². The molecular formula is C23H29N5O5S. The van der Waals surface area contributed by atoms with Crippen molar-refractivity contribution in [1.82, 2.24) is 18.3 Å². The summed E-state index contributed by atoms with van der Waals surface area (Å²) in [4.78, 5) is 26.7. The minimum atomic E-state index is -3.71. The number of piperazine rings is 1. The van der Waals surface area contributed by atoms with Gasteiger partial charge in [-0.25, -0.2) is 13.2 Å². The fourth-order valence-electron chi connectivity index (χ4n) is 4.13. The van der Waals surface area contributed by atoms with E-state index in [-0.39, 0.29) is 36.1 Å². The van der Waals surface area contributed by atoms with Gasteiger partial charge >= 0.3 is 5.69 Å². The average molecular weight is 488 g/mol. The van der Waals surface area contributed by atoms with Crippen molar-refractivity contribution in [2.24, 2.45) is 14.1 Å². The molecule has 1 fully saturated rings. The number of imidazole rings is 1. The second kappa shape index (κ2) is 9.61. The normalized spacial score (nSPS) is 15.5. The number of nitrogens with one attached hydrogen (secondary N) is 1. The first-order chi connectivity index (χ1) is 16.2. The Morgan fingerprint density at radius 1 is 0.971 bits per heavy atom. The molecule has 0 bridgehead atoms. The van der Waals surface area contributed by atoms with Gasteiger partial charge in [-0.05, 0) is 49.4 Å². The summed E-state index contributed by atoms with van der Waals surface area (Å²) >= 11 is 0. The average Bonchev–Trinajstić information content (AvgIpc) is 3.04. The van der Waals surface area contributed by atoms with Gasteiger partial charge in [-0.2, -0.15) is 4.31 Å². The molecule has 2 heterocycles. The second-order valence-corrected chi connectivity index (χ2v) is 10.2. The lowest BCUT2D eigenvalue weighted by molar-refractivity contribution is -0.117. The first-order valence-corrected chi connectivity index (χ1v) is 12.6. The molecule has 1 aliphatic rings. The van der Waals surface area contributed by atoms with E-state index in [9.17, 15) is 18.0 Å². The van der Waals surface area contributed by atoms with Crippen molar-refractivity contribution in [2.75, 3.05) is 44.6 Å². The molecule has 0 atom stereocenters. The summed E-state index contributed by atoms with van der Waals surface area (Å²) in [7, 11) is -0.433. The zero-order chi connectivity index (χ0) is 24.5. The van der Waals surface area contributed by atoms with Crippen LogP contribution in [0, 0.1) is 0 Å². The van der Waals surface area contributed by atoms with E-state index in [2.05, 4.69) is 5.32 Å². The third-order valence-corrected chi connectivity index (χ3v) is 7.92. The highest BCUT2D eigenvalue weighted by molar-refractivity contribution is 7.89. The number of amides is 1. The maximum Gasteiger partial charge on any atom is 0.328 e. The highest BCUT2D eigenvalue weighted by Crippen LogP contribution is 2.22. The van der Waals surface area contributed by atoms with Crippen LogP contribution in [-0.2, 0) is 28.9 Å². The van der Waals surface area contributed by atoms with Crippen molar-refractivity contribution in [2.45, 2.75) is 11.8 Å². The number of nitrogens with zero attached hydrogens (tertiary/aromatic N) is 4. The van der Waals surface area contributed by atoms with Gasteiger partial charge in [0.1, 0.15) is 5.75 Å². The highest BCUT2D eigenvalue weighted by Gasteiger charge is 2.29. The van der Waals surface area contributed by atoms with Crippen LogP contribution in [0.15, 0.2) is 52.2 Å². The molecule has 0 aliphatic carbocycles. The van der Waals surface area contributed by atoms with E-state index in [1.165, 1.54) is 19.5 Å². The van der Waals surface area contributed by atoms with Gasteiger partial charge in [-0.1, -0.05) is 0 Å². The quantitative estimate of drug-likeness (QED) is 0.537. The number of sulfonamides is 1. The summed E-state index contributed by atoms with van der Waals surface area (Å²) in [5.74, 6) is 0.586. The topological polar surface area (TPSA) is 106 Å². The van der Waals surface area contributed by atoms with Crippen molar-refractivity contribution >= 4 is 32.7 Å². The Morgan fingerprint density at radius 2 is 1.62 bits per heavy atom. The van der Waals surface area contributed by atoms with Gasteiger partial charge in [0, 0.05) is 46.0 Å². The molecule has 2 aromatic carbocycles. The molecule has 10 nitrogen and oxygen atoms in total. The summed E-state index contributed by atoms with van der Waals surface area (Å²) in [6, 6.07) is 11.9. The molecule has 0 radical (unpaired) electrons. The second-order valence-electron chi connectivity index (χ2n) is 8.24. The summed E-state index contributed by atoms with van der Waals surface area (Å²) in [5.41, 5.74) is 1.72. The number of rotatable bonds is 7. The molecule has 182 valence electrons. The molecule has 1 saturated heterocycles. The van der Waals surface area contributed by atoms with E-state index >= 15 is 0 Å². The number of aromatic nitrogens is 2. The zero-order valence-corrected chi connectivity index (χ0v) is 20.3. The smallest absolute Gasteiger partial charge is 0.328 e. The van der Waals surface area contributed by atoms with Gasteiger partial charge < -0.3 is 10.1 Å². The Hall–Kier alpha value is -3.15. The first-order valence-electron chi connectivity index (χ1n) is 11.1. The highest BCUT2D eigenvalue weighted by atomic mass is 32.2. The molecule has 1 aliphatic heterocycles. The van der Waals surface area contributed by atoms with Gasteiger partial charge in [-0.3, -0.25) is 18.8 Å². The fourth-order valence-corrected chi connectivity index (χ4v) is 5.57. The minimum absolute atomic E-state index is 0.155. The number of anilines is 1. The lowest BCUT2D eigenvalue weighted by atomic mass is 10.3. The molecule has 34 heavy (non-hydrogen) atoms. The van der Waals surface area contributed by atoms with Crippen molar-refractivity contribution in [1.29, 1.82) is 0 Å². The molecule has 3 aromatic rings. The van der Waals surface area contributed by atoms with Crippen molar-refractivity contribution in [3.63, 3.8) is 0 Å². The van der Waals surface area contributed by atoms with E-state index in [0.29, 0.717) is 36.4 Å². The number of hydrogen-bond acceptors (Lipinski definition) is 6. The van der Waals surface area contributed by atoms with E-state index in [0.717, 1.165) is 5.75 Å². The monoisotopic (exact) mass is 487 g/mol. The lowest BCUT2D eigenvalue weighted by Gasteiger charge is -2.33. The Labute approximate surface area is 198 Å². The summed E-state index contributed by atoms with van der Waals surface area (Å²) in [6.07, 6.45) is 0. The molecule has 1 aromatic heterocycles. The molecule has 1 amide bonds. The number of fused-ring (bicyclic) bond motifs is 1. The molecular weight excluding hydrogens is 458 g/mol. The van der Waals surface area contributed by atoms with E-state index in [4.69, 9.17) is 4.74 Å². The molecule has 0 saturated carbocycles. The standard InChI is InChI=1S/C23H29N5O5S/c1-4-33-18-7-5-17(6-8-18)24-22(29)16-27-11-13-28(14-12-27)34(31,32)19-9-10-20-21(15-19)26(3)23(30)25(20)2/h5-10,15H,4,11-14,16H2,1-3H3,(H,24,29). The summed E-state index contributed by atoms with van der Waals surface area (Å²) in [5, 5.41) is 2.86. The van der Waals surface area contributed by atoms with Gasteiger partial charge in [0.05, 0.1) is 29.1 Å². The van der Waals surface area contributed by atoms with Gasteiger partial charge in [0.25, 0.3) is 0 Å². The Bertz CT molecular complexity index is 1350. The summed E-state index contributed by atoms with van der Waals surface area (Å²) in [6.45, 7) is 4.12. The number of benzene rings is 2. The fraction of sp³-hybridized carbons (Fsp3) is 0.391. The third-order valence-electron chi connectivity index (χ3n) is 6.03. The molecule has 11 heteroatoms. The van der Waals surface area contributed by atoms with E-state index in [1.54, 1.807) is 50.5 Å². The predicted molar refractivity (Wildman–Crippen MR) is 130 cm³/mol. The largest absolute Gasteiger partial charge is 0.494 e. The molecule has 0 unspecified atom stereocenters. The maximum absolute atomic E-state index is 13.2. The van der Waals surface area contributed by atoms with Crippen LogP contribution in [0.2, 0.25) is 0 Å².